The van der Waals surface area contributed by atoms with Crippen molar-refractivity contribution in [2.24, 2.45) is 0 Å². The molecule has 43 heavy (non-hydrogen) atoms. The highest BCUT2D eigenvalue weighted by Gasteiger charge is 2.42. The Morgan fingerprint density at radius 1 is 1.19 bits per heavy atom. The van der Waals surface area contributed by atoms with Crippen LogP contribution in [0.3, 0.4) is 0 Å². The quantitative estimate of drug-likeness (QED) is 0.318. The molecular formula is C31H32F2N6O4. The molecule has 1 aliphatic heterocycles. The Kier molecular flexibility index (Phi) is 8.54. The summed E-state index contributed by atoms with van der Waals surface area (Å²) in [4.78, 5) is 45.5. The minimum absolute atomic E-state index is 0.0409. The average Bonchev–Trinajstić information content (AvgIpc) is 3.81. The van der Waals surface area contributed by atoms with Gasteiger partial charge >= 0.3 is 0 Å². The van der Waals surface area contributed by atoms with Crippen molar-refractivity contribution >= 4 is 17.6 Å². The third kappa shape index (κ3) is 6.73. The van der Waals surface area contributed by atoms with Crippen molar-refractivity contribution in [3.05, 3.63) is 75.2 Å². The van der Waals surface area contributed by atoms with E-state index in [9.17, 15) is 28.4 Å². The third-order valence-corrected chi connectivity index (χ3v) is 7.30. The second-order valence-corrected chi connectivity index (χ2v) is 11.1. The molecule has 1 saturated heterocycles. The van der Waals surface area contributed by atoms with Crippen LogP contribution in [0, 0.1) is 11.3 Å². The lowest BCUT2D eigenvalue weighted by atomic mass is 9.93. The van der Waals surface area contributed by atoms with E-state index in [1.54, 1.807) is 22.9 Å². The number of nitriles is 1. The highest BCUT2D eigenvalue weighted by molar-refractivity contribution is 6.05. The van der Waals surface area contributed by atoms with Gasteiger partial charge in [0, 0.05) is 30.4 Å². The molecule has 2 N–H and O–H groups in total. The number of pyridine rings is 2. The smallest absolute Gasteiger partial charge is 0.263 e. The van der Waals surface area contributed by atoms with Crippen LogP contribution in [0.15, 0.2) is 47.4 Å². The van der Waals surface area contributed by atoms with E-state index < -0.39 is 29.9 Å². The number of likely N-dealkylation sites (tertiary alicyclic amines) is 1. The van der Waals surface area contributed by atoms with Gasteiger partial charge in [-0.15, -0.1) is 0 Å². The van der Waals surface area contributed by atoms with Crippen LogP contribution in [0.5, 0.6) is 5.88 Å². The van der Waals surface area contributed by atoms with Crippen molar-refractivity contribution in [3.8, 4) is 23.1 Å². The monoisotopic (exact) mass is 590 g/mol. The van der Waals surface area contributed by atoms with E-state index in [1.807, 2.05) is 13.0 Å². The van der Waals surface area contributed by atoms with Crippen molar-refractivity contribution in [2.75, 3.05) is 31.8 Å². The molecule has 1 aliphatic carbocycles. The van der Waals surface area contributed by atoms with Crippen LogP contribution >= 0.6 is 0 Å². The molecule has 2 fully saturated rings. The van der Waals surface area contributed by atoms with E-state index >= 15 is 0 Å². The molecule has 2 amide bonds. The summed E-state index contributed by atoms with van der Waals surface area (Å²) in [6.07, 6.45) is 4.42. The van der Waals surface area contributed by atoms with Crippen molar-refractivity contribution < 1.29 is 23.1 Å². The van der Waals surface area contributed by atoms with E-state index in [2.05, 4.69) is 15.6 Å². The van der Waals surface area contributed by atoms with Gasteiger partial charge in [-0.05, 0) is 73.7 Å². The number of carbonyl (C=O) groups excluding carboxylic acids is 2. The number of hydrogen-bond donors (Lipinski definition) is 2. The maximum atomic E-state index is 14.2. The van der Waals surface area contributed by atoms with Crippen molar-refractivity contribution in [2.45, 2.75) is 51.4 Å². The summed E-state index contributed by atoms with van der Waals surface area (Å²) in [5, 5.41) is 15.4. The molecule has 2 aromatic heterocycles. The van der Waals surface area contributed by atoms with Gasteiger partial charge in [-0.2, -0.15) is 10.2 Å². The highest BCUT2D eigenvalue weighted by Crippen LogP contribution is 2.35. The number of anilines is 1. The lowest BCUT2D eigenvalue weighted by molar-refractivity contribution is -0.00780. The summed E-state index contributed by atoms with van der Waals surface area (Å²) >= 11 is 0. The van der Waals surface area contributed by atoms with Gasteiger partial charge in [0.1, 0.15) is 17.1 Å². The Bertz CT molecular complexity index is 1650. The Labute approximate surface area is 247 Å². The molecule has 3 aromatic rings. The predicted octanol–water partition coefficient (Wildman–Crippen LogP) is 4.36. The number of hydrogen-bond acceptors (Lipinski definition) is 7. The number of alkyl halides is 2. The summed E-state index contributed by atoms with van der Waals surface area (Å²) in [5.74, 6) is -1.40. The predicted molar refractivity (Wildman–Crippen MR) is 155 cm³/mol. The van der Waals surface area contributed by atoms with Gasteiger partial charge in [-0.25, -0.2) is 8.78 Å². The first kappa shape index (κ1) is 29.8. The number of carbonyl (C=O) groups is 2. The Morgan fingerprint density at radius 2 is 1.95 bits per heavy atom. The van der Waals surface area contributed by atoms with Crippen LogP contribution in [0.4, 0.5) is 14.6 Å². The molecule has 0 radical (unpaired) electrons. The van der Waals surface area contributed by atoms with Crippen LogP contribution in [0.2, 0.25) is 0 Å². The molecule has 1 saturated carbocycles. The number of rotatable bonds is 11. The van der Waals surface area contributed by atoms with Crippen molar-refractivity contribution in [1.29, 1.82) is 5.26 Å². The molecule has 12 heteroatoms. The molecule has 0 bridgehead atoms. The lowest BCUT2D eigenvalue weighted by Gasteiger charge is -2.42. The van der Waals surface area contributed by atoms with Crippen molar-refractivity contribution in [1.82, 2.24) is 19.8 Å². The van der Waals surface area contributed by atoms with Gasteiger partial charge in [0.05, 0.1) is 24.7 Å². The zero-order chi connectivity index (χ0) is 30.7. The molecule has 224 valence electrons. The summed E-state index contributed by atoms with van der Waals surface area (Å²) in [5.41, 5.74) is -0.183. The van der Waals surface area contributed by atoms with Crippen LogP contribution in [-0.2, 0) is 6.54 Å². The van der Waals surface area contributed by atoms with Gasteiger partial charge in [-0.3, -0.25) is 14.4 Å². The number of halogens is 2. The van der Waals surface area contributed by atoms with Crippen LogP contribution in [0.1, 0.15) is 71.0 Å². The SMILES string of the molecule is CCCNCc1cc(C(=O)Nc2cc(-c3ccc(C#N)cc3C(=O)N3CC(C)(F)C3)cc(OCF)n2)c(=O)n(C2CC2)c1. The van der Waals surface area contributed by atoms with E-state index in [0.29, 0.717) is 17.7 Å². The lowest BCUT2D eigenvalue weighted by Crippen LogP contribution is -2.59. The van der Waals surface area contributed by atoms with Gasteiger partial charge in [0.2, 0.25) is 12.7 Å². The van der Waals surface area contributed by atoms with E-state index in [-0.39, 0.29) is 47.5 Å². The standard InChI is InChI=1S/C31H32F2N6O4/c1-3-8-35-14-20-10-25(30(42)39(15-20)22-5-6-22)28(40)37-26-11-21(12-27(36-26)43-18-32)23-7-4-19(13-34)9-24(23)29(41)38-16-31(2,33)17-38/h4,7,9-12,15,22,35H,3,5-6,8,14,16-18H2,1-2H3,(H,36,37,40). The first-order valence-corrected chi connectivity index (χ1v) is 14.1. The molecule has 0 unspecified atom stereocenters. The topological polar surface area (TPSA) is 129 Å². The van der Waals surface area contributed by atoms with Gasteiger partial charge in [0.15, 0.2) is 0 Å². The number of nitrogens with zero attached hydrogens (tertiary/aromatic N) is 4. The Morgan fingerprint density at radius 3 is 2.60 bits per heavy atom. The molecular weight excluding hydrogens is 558 g/mol. The van der Waals surface area contributed by atoms with E-state index in [0.717, 1.165) is 31.4 Å². The maximum absolute atomic E-state index is 14.2. The number of amides is 2. The van der Waals surface area contributed by atoms with Gasteiger partial charge in [0.25, 0.3) is 17.4 Å². The third-order valence-electron chi connectivity index (χ3n) is 7.30. The van der Waals surface area contributed by atoms with Crippen LogP contribution in [-0.4, -0.2) is 58.4 Å². The normalized spacial score (nSPS) is 15.4. The molecule has 1 aromatic carbocycles. The fourth-order valence-corrected chi connectivity index (χ4v) is 5.10. The second-order valence-electron chi connectivity index (χ2n) is 11.1. The molecule has 5 rings (SSSR count). The highest BCUT2D eigenvalue weighted by atomic mass is 19.1. The molecule has 2 aliphatic rings. The zero-order valence-corrected chi connectivity index (χ0v) is 24.0. The van der Waals surface area contributed by atoms with Gasteiger partial charge in [-0.1, -0.05) is 13.0 Å². The number of ether oxygens (including phenoxy) is 1. The second kappa shape index (κ2) is 12.3. The van der Waals surface area contributed by atoms with Crippen molar-refractivity contribution in [3.63, 3.8) is 0 Å². The molecule has 0 spiro atoms. The molecule has 3 heterocycles. The van der Waals surface area contributed by atoms with Crippen LogP contribution in [0.25, 0.3) is 11.1 Å². The average molecular weight is 591 g/mol. The summed E-state index contributed by atoms with van der Waals surface area (Å²) in [6, 6.07) is 10.9. The Hall–Kier alpha value is -4.63. The van der Waals surface area contributed by atoms with E-state index in [4.69, 9.17) is 4.74 Å². The number of aromatic nitrogens is 2. The fraction of sp³-hybridized carbons (Fsp3) is 0.387. The summed E-state index contributed by atoms with van der Waals surface area (Å²) < 4.78 is 34.0. The maximum Gasteiger partial charge on any atom is 0.263 e. The Balaban J connectivity index is 1.50. The minimum atomic E-state index is -1.50. The first-order valence-electron chi connectivity index (χ1n) is 14.1. The minimum Gasteiger partial charge on any atom is -0.446 e. The molecule has 10 nitrogen and oxygen atoms in total. The van der Waals surface area contributed by atoms with Crippen LogP contribution < -0.4 is 20.9 Å². The number of nitrogens with one attached hydrogen (secondary N) is 2. The van der Waals surface area contributed by atoms with E-state index in [1.165, 1.54) is 36.1 Å². The summed E-state index contributed by atoms with van der Waals surface area (Å²) in [6.45, 7) is 3.31. The number of benzene rings is 1. The molecule has 0 atom stereocenters. The summed E-state index contributed by atoms with van der Waals surface area (Å²) in [7, 11) is 0. The first-order chi connectivity index (χ1) is 20.6. The van der Waals surface area contributed by atoms with Gasteiger partial charge < -0.3 is 24.8 Å². The largest absolute Gasteiger partial charge is 0.446 e. The fourth-order valence-electron chi connectivity index (χ4n) is 5.10. The zero-order valence-electron chi connectivity index (χ0n) is 24.0.